The number of halogens is 2. The SMILES string of the molecule is O=C(CSc1nncs1)N1CCC[C@@H]1c1ccc(Cl)c(Cl)c1. The monoisotopic (exact) mass is 373 g/mol. The summed E-state index contributed by atoms with van der Waals surface area (Å²) in [6.45, 7) is 0.778. The Morgan fingerprint density at radius 3 is 3.00 bits per heavy atom. The topological polar surface area (TPSA) is 46.1 Å². The minimum absolute atomic E-state index is 0.0808. The lowest BCUT2D eigenvalue weighted by Gasteiger charge is -2.25. The fourth-order valence-corrected chi connectivity index (χ4v) is 4.24. The summed E-state index contributed by atoms with van der Waals surface area (Å²) in [5.74, 6) is 0.501. The number of likely N-dealkylation sites (tertiary alicyclic amines) is 1. The second-order valence-electron chi connectivity index (χ2n) is 4.91. The van der Waals surface area contributed by atoms with Gasteiger partial charge < -0.3 is 4.90 Å². The first kappa shape index (κ1) is 16.1. The Kier molecular flexibility index (Phi) is 5.23. The first-order valence-electron chi connectivity index (χ1n) is 6.78. The Morgan fingerprint density at radius 2 is 2.27 bits per heavy atom. The summed E-state index contributed by atoms with van der Waals surface area (Å²) in [7, 11) is 0. The summed E-state index contributed by atoms with van der Waals surface area (Å²) in [6, 6.07) is 5.67. The molecule has 1 atom stereocenters. The van der Waals surface area contributed by atoms with Crippen LogP contribution in [0.4, 0.5) is 0 Å². The fraction of sp³-hybridized carbons (Fsp3) is 0.357. The maximum absolute atomic E-state index is 12.5. The van der Waals surface area contributed by atoms with Gasteiger partial charge in [-0.1, -0.05) is 52.4 Å². The Morgan fingerprint density at radius 1 is 1.41 bits per heavy atom. The molecule has 8 heteroatoms. The quantitative estimate of drug-likeness (QED) is 0.749. The maximum atomic E-state index is 12.5. The van der Waals surface area contributed by atoms with Gasteiger partial charge in [0.2, 0.25) is 5.91 Å². The van der Waals surface area contributed by atoms with Crippen LogP contribution in [-0.4, -0.2) is 33.3 Å². The summed E-state index contributed by atoms with van der Waals surface area (Å²) in [6.07, 6.45) is 1.95. The number of thioether (sulfide) groups is 1. The summed E-state index contributed by atoms with van der Waals surface area (Å²) in [5.41, 5.74) is 2.71. The molecule has 1 fully saturated rings. The predicted molar refractivity (Wildman–Crippen MR) is 90.8 cm³/mol. The van der Waals surface area contributed by atoms with Gasteiger partial charge in [-0.05, 0) is 30.5 Å². The number of amides is 1. The van der Waals surface area contributed by atoms with E-state index in [-0.39, 0.29) is 11.9 Å². The number of benzene rings is 1. The number of hydrogen-bond donors (Lipinski definition) is 0. The van der Waals surface area contributed by atoms with Crippen molar-refractivity contribution in [1.82, 2.24) is 15.1 Å². The molecule has 0 aliphatic carbocycles. The van der Waals surface area contributed by atoms with Crippen molar-refractivity contribution in [2.45, 2.75) is 23.2 Å². The van der Waals surface area contributed by atoms with Crippen LogP contribution in [0.2, 0.25) is 10.0 Å². The molecule has 2 heterocycles. The van der Waals surface area contributed by atoms with Crippen LogP contribution in [-0.2, 0) is 4.79 Å². The molecule has 0 N–H and O–H groups in total. The summed E-state index contributed by atoms with van der Waals surface area (Å²) in [4.78, 5) is 14.4. The zero-order chi connectivity index (χ0) is 15.5. The van der Waals surface area contributed by atoms with Gasteiger partial charge in [-0.3, -0.25) is 4.79 Å². The van der Waals surface area contributed by atoms with Gasteiger partial charge in [0.05, 0.1) is 21.8 Å². The van der Waals surface area contributed by atoms with Crippen LogP contribution in [0.5, 0.6) is 0 Å². The number of hydrogen-bond acceptors (Lipinski definition) is 5. The number of rotatable bonds is 4. The van der Waals surface area contributed by atoms with Gasteiger partial charge in [0.25, 0.3) is 0 Å². The van der Waals surface area contributed by atoms with Gasteiger partial charge in [0.1, 0.15) is 5.51 Å². The molecule has 4 nitrogen and oxygen atoms in total. The summed E-state index contributed by atoms with van der Waals surface area (Å²) >= 11 is 14.9. The van der Waals surface area contributed by atoms with Gasteiger partial charge in [-0.25, -0.2) is 0 Å². The van der Waals surface area contributed by atoms with Crippen LogP contribution in [0.15, 0.2) is 28.0 Å². The molecule has 0 saturated carbocycles. The first-order chi connectivity index (χ1) is 10.6. The van der Waals surface area contributed by atoms with Crippen molar-refractivity contribution in [2.75, 3.05) is 12.3 Å². The van der Waals surface area contributed by atoms with Gasteiger partial charge in [0.15, 0.2) is 4.34 Å². The van der Waals surface area contributed by atoms with E-state index >= 15 is 0 Å². The van der Waals surface area contributed by atoms with Crippen LogP contribution in [0.25, 0.3) is 0 Å². The molecule has 1 aromatic heterocycles. The number of aromatic nitrogens is 2. The Bertz CT molecular complexity index is 666. The van der Waals surface area contributed by atoms with Crippen molar-refractivity contribution in [3.63, 3.8) is 0 Å². The highest BCUT2D eigenvalue weighted by atomic mass is 35.5. The molecule has 3 rings (SSSR count). The second-order valence-corrected chi connectivity index (χ2v) is 7.78. The maximum Gasteiger partial charge on any atom is 0.233 e. The third kappa shape index (κ3) is 3.56. The summed E-state index contributed by atoms with van der Waals surface area (Å²) in [5, 5.41) is 8.78. The molecule has 0 unspecified atom stereocenters. The van der Waals surface area contributed by atoms with Crippen molar-refractivity contribution in [3.05, 3.63) is 39.3 Å². The predicted octanol–water partition coefficient (Wildman–Crippen LogP) is 4.30. The van der Waals surface area contributed by atoms with E-state index < -0.39 is 0 Å². The van der Waals surface area contributed by atoms with E-state index in [1.165, 1.54) is 23.1 Å². The zero-order valence-corrected chi connectivity index (χ0v) is 14.7. The normalized spacial score (nSPS) is 17.9. The average molecular weight is 374 g/mol. The van der Waals surface area contributed by atoms with Crippen molar-refractivity contribution in [2.24, 2.45) is 0 Å². The molecule has 1 aromatic carbocycles. The van der Waals surface area contributed by atoms with Crippen LogP contribution < -0.4 is 0 Å². The van der Waals surface area contributed by atoms with Gasteiger partial charge in [0, 0.05) is 6.54 Å². The molecule has 1 amide bonds. The van der Waals surface area contributed by atoms with Crippen LogP contribution in [0, 0.1) is 0 Å². The van der Waals surface area contributed by atoms with E-state index in [4.69, 9.17) is 23.2 Å². The van der Waals surface area contributed by atoms with E-state index in [0.29, 0.717) is 15.8 Å². The van der Waals surface area contributed by atoms with Gasteiger partial charge >= 0.3 is 0 Å². The van der Waals surface area contributed by atoms with Crippen molar-refractivity contribution in [1.29, 1.82) is 0 Å². The third-order valence-electron chi connectivity index (χ3n) is 3.56. The number of carbonyl (C=O) groups is 1. The highest BCUT2D eigenvalue weighted by Crippen LogP contribution is 2.35. The highest BCUT2D eigenvalue weighted by molar-refractivity contribution is 8.01. The second kappa shape index (κ2) is 7.17. The van der Waals surface area contributed by atoms with Gasteiger partial charge in [-0.15, -0.1) is 10.2 Å². The van der Waals surface area contributed by atoms with Crippen molar-refractivity contribution in [3.8, 4) is 0 Å². The standard InChI is InChI=1S/C14H13Cl2N3OS2/c15-10-4-3-9(6-11(10)16)12-2-1-5-19(12)13(20)7-21-14-18-17-8-22-14/h3-4,6,8,12H,1-2,5,7H2/t12-/m1/s1. The molecule has 0 bridgehead atoms. The minimum atomic E-state index is 0.0808. The highest BCUT2D eigenvalue weighted by Gasteiger charge is 2.30. The molecule has 0 spiro atoms. The van der Waals surface area contributed by atoms with Crippen molar-refractivity contribution >= 4 is 52.2 Å². The van der Waals surface area contributed by atoms with E-state index in [9.17, 15) is 4.79 Å². The lowest BCUT2D eigenvalue weighted by molar-refractivity contribution is -0.129. The van der Waals surface area contributed by atoms with Crippen LogP contribution >= 0.6 is 46.3 Å². The zero-order valence-electron chi connectivity index (χ0n) is 11.5. The molecule has 22 heavy (non-hydrogen) atoms. The summed E-state index contributed by atoms with van der Waals surface area (Å²) < 4.78 is 0.818. The van der Waals surface area contributed by atoms with E-state index in [1.54, 1.807) is 11.6 Å². The molecule has 1 saturated heterocycles. The Labute approximate surface area is 146 Å². The van der Waals surface area contributed by atoms with Crippen LogP contribution in [0.3, 0.4) is 0 Å². The van der Waals surface area contributed by atoms with E-state index in [1.807, 2.05) is 17.0 Å². The largest absolute Gasteiger partial charge is 0.335 e. The lowest BCUT2D eigenvalue weighted by Crippen LogP contribution is -2.31. The third-order valence-corrected chi connectivity index (χ3v) is 6.14. The van der Waals surface area contributed by atoms with E-state index in [0.717, 1.165) is 29.3 Å². The molecule has 1 aliphatic rings. The lowest BCUT2D eigenvalue weighted by atomic mass is 10.0. The van der Waals surface area contributed by atoms with E-state index in [2.05, 4.69) is 10.2 Å². The average Bonchev–Trinajstić information content (AvgIpc) is 3.18. The first-order valence-corrected chi connectivity index (χ1v) is 9.40. The van der Waals surface area contributed by atoms with Crippen LogP contribution in [0.1, 0.15) is 24.4 Å². The number of carbonyl (C=O) groups excluding carboxylic acids is 1. The molecular weight excluding hydrogens is 361 g/mol. The minimum Gasteiger partial charge on any atom is -0.335 e. The van der Waals surface area contributed by atoms with Gasteiger partial charge in [-0.2, -0.15) is 0 Å². The Hall–Kier alpha value is -0.820. The molecule has 1 aliphatic heterocycles. The smallest absolute Gasteiger partial charge is 0.233 e. The molecule has 2 aromatic rings. The molecule has 116 valence electrons. The number of nitrogens with zero attached hydrogens (tertiary/aromatic N) is 3. The molecule has 0 radical (unpaired) electrons. The Balaban J connectivity index is 1.69. The van der Waals surface area contributed by atoms with Crippen molar-refractivity contribution < 1.29 is 4.79 Å². The molecular formula is C14H13Cl2N3OS2. The fourth-order valence-electron chi connectivity index (χ4n) is 2.56.